The molecule has 1 heterocycles. The molecule has 11 heteroatoms. The first kappa shape index (κ1) is 23.4. The minimum atomic E-state index is -3.22. The van der Waals surface area contributed by atoms with Crippen molar-refractivity contribution < 1.29 is 22.7 Å². The Bertz CT molecular complexity index is 973. The predicted molar refractivity (Wildman–Crippen MR) is 113 cm³/mol. The number of ether oxygens (including phenoxy) is 1. The zero-order chi connectivity index (χ0) is 22.1. The van der Waals surface area contributed by atoms with Crippen LogP contribution in [0.4, 0.5) is 10.5 Å². The summed E-state index contributed by atoms with van der Waals surface area (Å²) in [4.78, 5) is 23.8. The molecule has 2 amide bonds. The summed E-state index contributed by atoms with van der Waals surface area (Å²) in [6.45, 7) is 4.24. The van der Waals surface area contributed by atoms with Gasteiger partial charge in [0.2, 0.25) is 10.0 Å². The lowest BCUT2D eigenvalue weighted by Gasteiger charge is -2.16. The molecule has 1 aromatic carbocycles. The van der Waals surface area contributed by atoms with Gasteiger partial charge in [-0.2, -0.15) is 5.10 Å². The van der Waals surface area contributed by atoms with Gasteiger partial charge in [0.05, 0.1) is 18.0 Å². The molecule has 0 unspecified atom stereocenters. The second-order valence-electron chi connectivity index (χ2n) is 6.37. The van der Waals surface area contributed by atoms with Crippen LogP contribution < -0.4 is 10.6 Å². The van der Waals surface area contributed by atoms with Crippen molar-refractivity contribution in [2.45, 2.75) is 20.3 Å². The smallest absolute Gasteiger partial charge is 0.358 e. The van der Waals surface area contributed by atoms with Gasteiger partial charge < -0.3 is 15.4 Å². The fraction of sp³-hybridized carbons (Fsp3) is 0.421. The van der Waals surface area contributed by atoms with E-state index < -0.39 is 22.0 Å². The topological polar surface area (TPSA) is 123 Å². The van der Waals surface area contributed by atoms with E-state index in [-0.39, 0.29) is 18.1 Å². The quantitative estimate of drug-likeness (QED) is 0.432. The summed E-state index contributed by atoms with van der Waals surface area (Å²) < 4.78 is 31.1. The molecule has 10 nitrogen and oxygen atoms in total. The maximum absolute atomic E-state index is 12.1. The molecule has 0 saturated carbocycles. The summed E-state index contributed by atoms with van der Waals surface area (Å²) in [7, 11) is -1.70. The molecule has 0 aliphatic heterocycles. The van der Waals surface area contributed by atoms with Gasteiger partial charge in [-0.3, -0.25) is 0 Å². The van der Waals surface area contributed by atoms with E-state index in [9.17, 15) is 18.0 Å². The van der Waals surface area contributed by atoms with E-state index >= 15 is 0 Å². The lowest BCUT2D eigenvalue weighted by atomic mass is 10.3. The molecule has 0 bridgehead atoms. The molecule has 30 heavy (non-hydrogen) atoms. The fourth-order valence-electron chi connectivity index (χ4n) is 2.55. The molecular formula is C19H27N5O5S. The summed E-state index contributed by atoms with van der Waals surface area (Å²) in [6, 6.07) is 8.13. The van der Waals surface area contributed by atoms with E-state index in [0.717, 1.165) is 0 Å². The van der Waals surface area contributed by atoms with Crippen LogP contribution in [0.5, 0.6) is 0 Å². The molecular weight excluding hydrogens is 410 g/mol. The normalized spacial score (nSPS) is 11.3. The van der Waals surface area contributed by atoms with Crippen molar-refractivity contribution >= 4 is 27.7 Å². The Hall–Kier alpha value is -2.92. The number of benzene rings is 1. The molecule has 0 aliphatic carbocycles. The van der Waals surface area contributed by atoms with E-state index in [0.29, 0.717) is 30.9 Å². The third kappa shape index (κ3) is 6.56. The van der Waals surface area contributed by atoms with E-state index in [2.05, 4.69) is 15.7 Å². The van der Waals surface area contributed by atoms with Gasteiger partial charge in [0.15, 0.2) is 5.69 Å². The van der Waals surface area contributed by atoms with E-state index in [1.165, 1.54) is 16.0 Å². The van der Waals surface area contributed by atoms with Crippen molar-refractivity contribution in [1.82, 2.24) is 19.4 Å². The molecule has 0 fully saturated rings. The molecule has 0 aliphatic rings. The van der Waals surface area contributed by atoms with Crippen LogP contribution in [0.2, 0.25) is 0 Å². The molecule has 164 valence electrons. The van der Waals surface area contributed by atoms with E-state index in [1.807, 2.05) is 0 Å². The number of nitrogens with one attached hydrogen (secondary N) is 2. The van der Waals surface area contributed by atoms with Crippen LogP contribution in [-0.2, 0) is 14.8 Å². The van der Waals surface area contributed by atoms with Crippen molar-refractivity contribution in [3.05, 3.63) is 42.2 Å². The van der Waals surface area contributed by atoms with Crippen molar-refractivity contribution in [3.8, 4) is 5.69 Å². The average Bonchev–Trinajstić information content (AvgIpc) is 3.22. The van der Waals surface area contributed by atoms with Crippen molar-refractivity contribution in [2.75, 3.05) is 37.8 Å². The van der Waals surface area contributed by atoms with Crippen LogP contribution in [0.25, 0.3) is 5.69 Å². The van der Waals surface area contributed by atoms with Gasteiger partial charge in [-0.15, -0.1) is 0 Å². The highest BCUT2D eigenvalue weighted by Gasteiger charge is 2.14. The number of aromatic nitrogens is 2. The largest absolute Gasteiger partial charge is 0.461 e. The summed E-state index contributed by atoms with van der Waals surface area (Å²) in [5.74, 6) is -0.451. The number of urea groups is 1. The summed E-state index contributed by atoms with van der Waals surface area (Å²) in [5.41, 5.74) is 1.40. The summed E-state index contributed by atoms with van der Waals surface area (Å²) >= 11 is 0. The lowest BCUT2D eigenvalue weighted by molar-refractivity contribution is 0.0519. The van der Waals surface area contributed by atoms with Crippen molar-refractivity contribution in [3.63, 3.8) is 0 Å². The zero-order valence-electron chi connectivity index (χ0n) is 17.3. The second kappa shape index (κ2) is 10.7. The Morgan fingerprint density at radius 1 is 1.23 bits per heavy atom. The number of carbonyl (C=O) groups is 2. The Labute approximate surface area is 176 Å². The van der Waals surface area contributed by atoms with Gasteiger partial charge in [-0.1, -0.05) is 6.07 Å². The van der Waals surface area contributed by atoms with E-state index in [1.54, 1.807) is 50.4 Å². The maximum atomic E-state index is 12.1. The zero-order valence-corrected chi connectivity index (χ0v) is 18.1. The van der Waals surface area contributed by atoms with Crippen LogP contribution in [0.1, 0.15) is 30.8 Å². The Morgan fingerprint density at radius 2 is 2.00 bits per heavy atom. The van der Waals surface area contributed by atoms with Gasteiger partial charge in [0, 0.05) is 32.0 Å². The second-order valence-corrected chi connectivity index (χ2v) is 8.74. The third-order valence-corrected chi connectivity index (χ3v) is 6.08. The van der Waals surface area contributed by atoms with Crippen LogP contribution in [0.15, 0.2) is 36.5 Å². The predicted octanol–water partition coefficient (Wildman–Crippen LogP) is 1.84. The number of amides is 2. The lowest BCUT2D eigenvalue weighted by Crippen LogP contribution is -2.34. The molecule has 0 saturated heterocycles. The minimum Gasteiger partial charge on any atom is -0.461 e. The number of esters is 1. The first-order valence-electron chi connectivity index (χ1n) is 9.59. The molecule has 0 radical (unpaired) electrons. The number of carbonyl (C=O) groups excluding carboxylic acids is 2. The standard InChI is InChI=1S/C19H27N5O5S/c1-4-29-18(25)17-10-13-24(22-17)16-9-6-8-15(14-16)21-19(26)20-11-7-12-23(3)30(27,28)5-2/h6,8-10,13-14H,4-5,7,11-12H2,1-3H3,(H2,20,21,26). The highest BCUT2D eigenvalue weighted by molar-refractivity contribution is 7.89. The monoisotopic (exact) mass is 437 g/mol. The van der Waals surface area contributed by atoms with Crippen LogP contribution in [0, 0.1) is 0 Å². The summed E-state index contributed by atoms with van der Waals surface area (Å²) in [5, 5.41) is 9.59. The fourth-order valence-corrected chi connectivity index (χ4v) is 3.39. The van der Waals surface area contributed by atoms with Crippen LogP contribution in [-0.4, -0.2) is 67.0 Å². The van der Waals surface area contributed by atoms with Gasteiger partial charge in [-0.05, 0) is 44.5 Å². The van der Waals surface area contributed by atoms with Crippen molar-refractivity contribution in [1.29, 1.82) is 0 Å². The Kier molecular flexibility index (Phi) is 8.36. The highest BCUT2D eigenvalue weighted by atomic mass is 32.2. The first-order chi connectivity index (χ1) is 14.3. The molecule has 0 atom stereocenters. The molecule has 0 spiro atoms. The Morgan fingerprint density at radius 3 is 2.70 bits per heavy atom. The van der Waals surface area contributed by atoms with E-state index in [4.69, 9.17) is 4.74 Å². The van der Waals surface area contributed by atoms with Crippen molar-refractivity contribution in [2.24, 2.45) is 0 Å². The minimum absolute atomic E-state index is 0.0469. The van der Waals surface area contributed by atoms with Crippen LogP contribution in [0.3, 0.4) is 0 Å². The van der Waals surface area contributed by atoms with Gasteiger partial charge in [0.1, 0.15) is 0 Å². The first-order valence-corrected chi connectivity index (χ1v) is 11.2. The summed E-state index contributed by atoms with van der Waals surface area (Å²) in [6.07, 6.45) is 2.12. The highest BCUT2D eigenvalue weighted by Crippen LogP contribution is 2.15. The molecule has 2 aromatic rings. The number of nitrogens with zero attached hydrogens (tertiary/aromatic N) is 3. The number of hydrogen-bond donors (Lipinski definition) is 2. The number of rotatable bonds is 10. The maximum Gasteiger partial charge on any atom is 0.358 e. The third-order valence-electron chi connectivity index (χ3n) is 4.22. The average molecular weight is 438 g/mol. The van der Waals surface area contributed by atoms with Crippen LogP contribution >= 0.6 is 0 Å². The van der Waals surface area contributed by atoms with Gasteiger partial charge in [-0.25, -0.2) is 27.0 Å². The number of sulfonamides is 1. The number of hydrogen-bond acceptors (Lipinski definition) is 6. The van der Waals surface area contributed by atoms with Gasteiger partial charge in [0.25, 0.3) is 0 Å². The molecule has 1 aromatic heterocycles. The number of anilines is 1. The molecule has 2 N–H and O–H groups in total. The Balaban J connectivity index is 1.88. The van der Waals surface area contributed by atoms with Gasteiger partial charge >= 0.3 is 12.0 Å². The molecule has 2 rings (SSSR count). The SMILES string of the molecule is CCOC(=O)c1ccn(-c2cccc(NC(=O)NCCCN(C)S(=O)(=O)CC)c2)n1.